The zero-order valence-electron chi connectivity index (χ0n) is 13.8. The maximum atomic E-state index is 13.0. The molecule has 4 nitrogen and oxygen atoms in total. The molecule has 3 aromatic rings. The van der Waals surface area contributed by atoms with Crippen molar-refractivity contribution in [1.29, 1.82) is 0 Å². The Hall–Kier alpha value is -2.30. The predicted octanol–water partition coefficient (Wildman–Crippen LogP) is 4.82. The first kappa shape index (κ1) is 17.5. The SMILES string of the molecule is COc1ccc(Cl)cc1CN(C)C(=O)c1cc(Cl)cc2cccnc12. The summed E-state index contributed by atoms with van der Waals surface area (Å²) in [5.41, 5.74) is 1.92. The monoisotopic (exact) mass is 374 g/mol. The van der Waals surface area contributed by atoms with Crippen molar-refractivity contribution in [3.8, 4) is 5.75 Å². The fourth-order valence-corrected chi connectivity index (χ4v) is 3.14. The Morgan fingerprint density at radius 3 is 2.72 bits per heavy atom. The maximum Gasteiger partial charge on any atom is 0.256 e. The Morgan fingerprint density at radius 2 is 1.96 bits per heavy atom. The molecule has 1 aromatic heterocycles. The lowest BCUT2D eigenvalue weighted by Crippen LogP contribution is -2.26. The van der Waals surface area contributed by atoms with Gasteiger partial charge in [0, 0.05) is 40.8 Å². The van der Waals surface area contributed by atoms with E-state index in [1.807, 2.05) is 12.1 Å². The molecule has 0 aliphatic heterocycles. The number of methoxy groups -OCH3 is 1. The van der Waals surface area contributed by atoms with E-state index in [0.29, 0.717) is 33.4 Å². The van der Waals surface area contributed by atoms with E-state index in [0.717, 1.165) is 10.9 Å². The Kier molecular flexibility index (Phi) is 5.11. The smallest absolute Gasteiger partial charge is 0.256 e. The average Bonchev–Trinajstić information content (AvgIpc) is 2.60. The molecule has 0 N–H and O–H groups in total. The molecule has 1 heterocycles. The van der Waals surface area contributed by atoms with Crippen LogP contribution in [-0.2, 0) is 6.54 Å². The van der Waals surface area contributed by atoms with Crippen LogP contribution < -0.4 is 4.74 Å². The maximum absolute atomic E-state index is 13.0. The highest BCUT2D eigenvalue weighted by Gasteiger charge is 2.18. The van der Waals surface area contributed by atoms with Gasteiger partial charge in [-0.3, -0.25) is 9.78 Å². The normalized spacial score (nSPS) is 10.7. The van der Waals surface area contributed by atoms with E-state index in [1.54, 1.807) is 55.6 Å². The number of carbonyl (C=O) groups is 1. The molecule has 0 radical (unpaired) electrons. The van der Waals surface area contributed by atoms with Crippen LogP contribution in [0.15, 0.2) is 48.7 Å². The molecule has 2 aromatic carbocycles. The summed E-state index contributed by atoms with van der Waals surface area (Å²) in [7, 11) is 3.31. The van der Waals surface area contributed by atoms with E-state index in [9.17, 15) is 4.79 Å². The summed E-state index contributed by atoms with van der Waals surface area (Å²) in [5, 5.41) is 1.91. The van der Waals surface area contributed by atoms with Gasteiger partial charge in [0.05, 0.1) is 18.2 Å². The molecule has 0 bridgehead atoms. The number of pyridine rings is 1. The number of fused-ring (bicyclic) bond motifs is 1. The molecule has 0 saturated heterocycles. The van der Waals surface area contributed by atoms with Crippen molar-refractivity contribution in [1.82, 2.24) is 9.88 Å². The van der Waals surface area contributed by atoms with Crippen molar-refractivity contribution in [2.24, 2.45) is 0 Å². The second-order valence-electron chi connectivity index (χ2n) is 5.65. The van der Waals surface area contributed by atoms with Crippen LogP contribution in [0.2, 0.25) is 10.0 Å². The highest BCUT2D eigenvalue weighted by molar-refractivity contribution is 6.32. The summed E-state index contributed by atoms with van der Waals surface area (Å²) in [6.45, 7) is 0.351. The molecular formula is C19H16Cl2N2O2. The first-order chi connectivity index (χ1) is 12.0. The van der Waals surface area contributed by atoms with E-state index in [4.69, 9.17) is 27.9 Å². The molecule has 25 heavy (non-hydrogen) atoms. The predicted molar refractivity (Wildman–Crippen MR) is 101 cm³/mol. The Morgan fingerprint density at radius 1 is 1.16 bits per heavy atom. The van der Waals surface area contributed by atoms with Crippen LogP contribution in [0.5, 0.6) is 5.75 Å². The minimum absolute atomic E-state index is 0.173. The molecule has 3 rings (SSSR count). The van der Waals surface area contributed by atoms with Gasteiger partial charge in [0.25, 0.3) is 5.91 Å². The van der Waals surface area contributed by atoms with Crippen molar-refractivity contribution < 1.29 is 9.53 Å². The lowest BCUT2D eigenvalue weighted by Gasteiger charge is -2.20. The Labute approximate surface area is 155 Å². The number of benzene rings is 2. The van der Waals surface area contributed by atoms with Crippen LogP contribution >= 0.6 is 23.2 Å². The van der Waals surface area contributed by atoms with E-state index in [2.05, 4.69) is 4.98 Å². The van der Waals surface area contributed by atoms with Gasteiger partial charge in [0.15, 0.2) is 0 Å². The summed E-state index contributed by atoms with van der Waals surface area (Å²) in [4.78, 5) is 18.9. The molecule has 1 amide bonds. The first-order valence-corrected chi connectivity index (χ1v) is 8.37. The molecule has 128 valence electrons. The molecule has 0 spiro atoms. The summed E-state index contributed by atoms with van der Waals surface area (Å²) in [6, 6.07) is 12.5. The number of nitrogens with zero attached hydrogens (tertiary/aromatic N) is 2. The summed E-state index contributed by atoms with van der Waals surface area (Å²) >= 11 is 12.2. The molecule has 0 aliphatic carbocycles. The van der Waals surface area contributed by atoms with Gasteiger partial charge in [0.1, 0.15) is 5.75 Å². The Bertz CT molecular complexity index is 944. The number of carbonyl (C=O) groups excluding carboxylic acids is 1. The topological polar surface area (TPSA) is 42.4 Å². The number of aromatic nitrogens is 1. The van der Waals surface area contributed by atoms with Crippen LogP contribution in [0, 0.1) is 0 Å². The minimum atomic E-state index is -0.173. The number of amides is 1. The molecule has 0 fully saturated rings. The fraction of sp³-hybridized carbons (Fsp3) is 0.158. The van der Waals surface area contributed by atoms with Gasteiger partial charge in [-0.25, -0.2) is 0 Å². The Balaban J connectivity index is 1.95. The largest absolute Gasteiger partial charge is 0.496 e. The third-order valence-corrected chi connectivity index (χ3v) is 4.35. The van der Waals surface area contributed by atoms with Crippen LogP contribution in [0.25, 0.3) is 10.9 Å². The van der Waals surface area contributed by atoms with Gasteiger partial charge < -0.3 is 9.64 Å². The van der Waals surface area contributed by atoms with Crippen LogP contribution in [0.1, 0.15) is 15.9 Å². The van der Waals surface area contributed by atoms with Gasteiger partial charge in [-0.1, -0.05) is 29.3 Å². The lowest BCUT2D eigenvalue weighted by molar-refractivity contribution is 0.0786. The van der Waals surface area contributed by atoms with Crippen LogP contribution in [0.4, 0.5) is 0 Å². The van der Waals surface area contributed by atoms with E-state index in [1.165, 1.54) is 0 Å². The van der Waals surface area contributed by atoms with Crippen LogP contribution in [0.3, 0.4) is 0 Å². The first-order valence-electron chi connectivity index (χ1n) is 7.61. The number of hydrogen-bond acceptors (Lipinski definition) is 3. The molecule has 0 aliphatic rings. The third-order valence-electron chi connectivity index (χ3n) is 3.90. The van der Waals surface area contributed by atoms with Gasteiger partial charge >= 0.3 is 0 Å². The highest BCUT2D eigenvalue weighted by atomic mass is 35.5. The molecule has 6 heteroatoms. The second-order valence-corrected chi connectivity index (χ2v) is 6.52. The van der Waals surface area contributed by atoms with Crippen molar-refractivity contribution >= 4 is 40.0 Å². The summed E-state index contributed by atoms with van der Waals surface area (Å²) in [5.74, 6) is 0.506. The third kappa shape index (κ3) is 3.70. The number of rotatable bonds is 4. The summed E-state index contributed by atoms with van der Waals surface area (Å²) in [6.07, 6.45) is 1.66. The number of hydrogen-bond donors (Lipinski definition) is 0. The van der Waals surface area contributed by atoms with Gasteiger partial charge in [-0.05, 0) is 36.4 Å². The number of ether oxygens (including phenoxy) is 1. The molecule has 0 unspecified atom stereocenters. The standard InChI is InChI=1S/C19H16Cl2N2O2/c1-23(11-13-9-14(20)5-6-17(13)25-2)19(24)16-10-15(21)8-12-4-3-7-22-18(12)16/h3-10H,11H2,1-2H3. The van der Waals surface area contributed by atoms with Crippen molar-refractivity contribution in [2.75, 3.05) is 14.2 Å². The zero-order valence-corrected chi connectivity index (χ0v) is 15.3. The molecular weight excluding hydrogens is 359 g/mol. The van der Waals surface area contributed by atoms with Gasteiger partial charge in [-0.15, -0.1) is 0 Å². The van der Waals surface area contributed by atoms with Gasteiger partial charge in [0.2, 0.25) is 0 Å². The van der Waals surface area contributed by atoms with Crippen molar-refractivity contribution in [3.63, 3.8) is 0 Å². The molecule has 0 atom stereocenters. The quantitative estimate of drug-likeness (QED) is 0.657. The van der Waals surface area contributed by atoms with E-state index >= 15 is 0 Å². The van der Waals surface area contributed by atoms with Crippen LogP contribution in [-0.4, -0.2) is 29.9 Å². The lowest BCUT2D eigenvalue weighted by atomic mass is 10.1. The highest BCUT2D eigenvalue weighted by Crippen LogP contribution is 2.26. The average molecular weight is 375 g/mol. The number of halogens is 2. The zero-order chi connectivity index (χ0) is 18.0. The van der Waals surface area contributed by atoms with Crippen molar-refractivity contribution in [3.05, 3.63) is 69.8 Å². The van der Waals surface area contributed by atoms with Gasteiger partial charge in [-0.2, -0.15) is 0 Å². The second kappa shape index (κ2) is 7.30. The van der Waals surface area contributed by atoms with Crippen molar-refractivity contribution in [2.45, 2.75) is 6.54 Å². The minimum Gasteiger partial charge on any atom is -0.496 e. The van der Waals surface area contributed by atoms with E-state index in [-0.39, 0.29) is 5.91 Å². The molecule has 0 saturated carbocycles. The fourth-order valence-electron chi connectivity index (χ4n) is 2.72. The summed E-state index contributed by atoms with van der Waals surface area (Å²) < 4.78 is 5.35. The van der Waals surface area contributed by atoms with E-state index < -0.39 is 0 Å².